The van der Waals surface area contributed by atoms with E-state index in [1.807, 2.05) is 20.8 Å². The number of carbonyl (C=O) groups excluding carboxylic acids is 2. The van der Waals surface area contributed by atoms with E-state index in [4.69, 9.17) is 9.15 Å². The fourth-order valence-corrected chi connectivity index (χ4v) is 2.80. The van der Waals surface area contributed by atoms with Crippen LogP contribution in [0.25, 0.3) is 0 Å². The lowest BCUT2D eigenvalue weighted by Gasteiger charge is -2.26. The third-order valence-corrected chi connectivity index (χ3v) is 3.95. The van der Waals surface area contributed by atoms with Gasteiger partial charge in [0.25, 0.3) is 5.91 Å². The van der Waals surface area contributed by atoms with Crippen LogP contribution in [0.2, 0.25) is 0 Å². The molecule has 1 unspecified atom stereocenters. The standard InChI is InChI=1S/C18H28N2O4/c1-13-15(8-11-23-13)17(22)20(12-14-6-5-10-24-14)9-7-16(21)19-18(2,3)4/h8,11,14H,5-7,9-10,12H2,1-4H3,(H,19,21). The molecule has 0 bridgehead atoms. The van der Waals surface area contributed by atoms with Crippen LogP contribution < -0.4 is 5.32 Å². The third-order valence-electron chi connectivity index (χ3n) is 3.95. The lowest BCUT2D eigenvalue weighted by atomic mass is 10.1. The summed E-state index contributed by atoms with van der Waals surface area (Å²) in [6.45, 7) is 9.20. The molecule has 2 heterocycles. The van der Waals surface area contributed by atoms with Crippen LogP contribution in [0.3, 0.4) is 0 Å². The van der Waals surface area contributed by atoms with Crippen molar-refractivity contribution in [3.05, 3.63) is 23.7 Å². The first kappa shape index (κ1) is 18.5. The van der Waals surface area contributed by atoms with Crippen LogP contribution in [0, 0.1) is 6.92 Å². The Morgan fingerprint density at radius 2 is 2.12 bits per heavy atom. The van der Waals surface area contributed by atoms with Gasteiger partial charge in [0.1, 0.15) is 5.76 Å². The van der Waals surface area contributed by atoms with Gasteiger partial charge in [-0.3, -0.25) is 9.59 Å². The average Bonchev–Trinajstić information content (AvgIpc) is 3.12. The van der Waals surface area contributed by atoms with Crippen molar-refractivity contribution >= 4 is 11.8 Å². The molecule has 0 radical (unpaired) electrons. The van der Waals surface area contributed by atoms with E-state index in [0.717, 1.165) is 19.4 Å². The Bertz CT molecular complexity index is 568. The number of nitrogens with one attached hydrogen (secondary N) is 1. The molecule has 2 rings (SSSR count). The van der Waals surface area contributed by atoms with Gasteiger partial charge in [0.15, 0.2) is 0 Å². The Kier molecular flexibility index (Phi) is 6.04. The van der Waals surface area contributed by atoms with Crippen molar-refractivity contribution < 1.29 is 18.7 Å². The van der Waals surface area contributed by atoms with Crippen LogP contribution in [-0.4, -0.2) is 48.1 Å². The van der Waals surface area contributed by atoms with Crippen molar-refractivity contribution in [2.45, 2.75) is 58.6 Å². The van der Waals surface area contributed by atoms with Crippen LogP contribution in [0.5, 0.6) is 0 Å². The molecule has 1 saturated heterocycles. The van der Waals surface area contributed by atoms with Crippen molar-refractivity contribution in [2.75, 3.05) is 19.7 Å². The topological polar surface area (TPSA) is 71.8 Å². The number of furan rings is 1. The number of rotatable bonds is 6. The largest absolute Gasteiger partial charge is 0.469 e. The molecule has 1 N–H and O–H groups in total. The Morgan fingerprint density at radius 1 is 1.38 bits per heavy atom. The summed E-state index contributed by atoms with van der Waals surface area (Å²) in [5, 5.41) is 2.93. The number of nitrogens with zero attached hydrogens (tertiary/aromatic N) is 1. The second kappa shape index (κ2) is 7.83. The van der Waals surface area contributed by atoms with Crippen molar-refractivity contribution in [3.63, 3.8) is 0 Å². The quantitative estimate of drug-likeness (QED) is 0.866. The highest BCUT2D eigenvalue weighted by molar-refractivity contribution is 5.95. The highest BCUT2D eigenvalue weighted by Crippen LogP contribution is 2.17. The minimum Gasteiger partial charge on any atom is -0.469 e. The molecule has 6 heteroatoms. The van der Waals surface area contributed by atoms with E-state index in [1.54, 1.807) is 17.9 Å². The first-order valence-electron chi connectivity index (χ1n) is 8.52. The number of amides is 2. The molecule has 24 heavy (non-hydrogen) atoms. The molecule has 1 aliphatic heterocycles. The second-order valence-corrected chi connectivity index (χ2v) is 7.32. The van der Waals surface area contributed by atoms with Gasteiger partial charge in [0, 0.05) is 31.7 Å². The van der Waals surface area contributed by atoms with Gasteiger partial charge in [0.05, 0.1) is 17.9 Å². The molecule has 1 fully saturated rings. The van der Waals surface area contributed by atoms with Crippen molar-refractivity contribution in [2.24, 2.45) is 0 Å². The maximum absolute atomic E-state index is 12.8. The van der Waals surface area contributed by atoms with Gasteiger partial charge in [-0.1, -0.05) is 0 Å². The second-order valence-electron chi connectivity index (χ2n) is 7.32. The summed E-state index contributed by atoms with van der Waals surface area (Å²) >= 11 is 0. The fraction of sp³-hybridized carbons (Fsp3) is 0.667. The van der Waals surface area contributed by atoms with Crippen LogP contribution in [0.15, 0.2) is 16.7 Å². The Balaban J connectivity index is 2.01. The molecule has 134 valence electrons. The molecular weight excluding hydrogens is 308 g/mol. The number of hydrogen-bond donors (Lipinski definition) is 1. The van der Waals surface area contributed by atoms with Gasteiger partial charge >= 0.3 is 0 Å². The van der Waals surface area contributed by atoms with E-state index in [1.165, 1.54) is 6.26 Å². The summed E-state index contributed by atoms with van der Waals surface area (Å²) in [5.41, 5.74) is 0.269. The van der Waals surface area contributed by atoms with Crippen LogP contribution in [0.4, 0.5) is 0 Å². The van der Waals surface area contributed by atoms with E-state index >= 15 is 0 Å². The maximum Gasteiger partial charge on any atom is 0.257 e. The zero-order valence-electron chi connectivity index (χ0n) is 15.1. The summed E-state index contributed by atoms with van der Waals surface area (Å²) in [7, 11) is 0. The molecule has 0 aliphatic carbocycles. The van der Waals surface area contributed by atoms with E-state index in [9.17, 15) is 9.59 Å². The van der Waals surface area contributed by atoms with E-state index in [-0.39, 0.29) is 29.9 Å². The van der Waals surface area contributed by atoms with Crippen molar-refractivity contribution in [1.82, 2.24) is 10.2 Å². The molecule has 1 aromatic heterocycles. The smallest absolute Gasteiger partial charge is 0.257 e. The van der Waals surface area contributed by atoms with Crippen LogP contribution in [0.1, 0.15) is 56.2 Å². The molecular formula is C18H28N2O4. The molecule has 1 atom stereocenters. The lowest BCUT2D eigenvalue weighted by Crippen LogP contribution is -2.44. The number of hydrogen-bond acceptors (Lipinski definition) is 4. The minimum absolute atomic E-state index is 0.0480. The maximum atomic E-state index is 12.8. The van der Waals surface area contributed by atoms with Gasteiger partial charge in [-0.15, -0.1) is 0 Å². The minimum atomic E-state index is -0.276. The van der Waals surface area contributed by atoms with Gasteiger partial charge in [-0.2, -0.15) is 0 Å². The average molecular weight is 336 g/mol. The predicted octanol–water partition coefficient (Wildman–Crippen LogP) is 2.51. The van der Waals surface area contributed by atoms with E-state index in [0.29, 0.717) is 24.4 Å². The molecule has 1 aliphatic rings. The molecule has 0 saturated carbocycles. The highest BCUT2D eigenvalue weighted by Gasteiger charge is 2.26. The number of aryl methyl sites for hydroxylation is 1. The molecule has 6 nitrogen and oxygen atoms in total. The Labute approximate surface area is 143 Å². The van der Waals surface area contributed by atoms with Crippen molar-refractivity contribution in [1.29, 1.82) is 0 Å². The first-order valence-corrected chi connectivity index (χ1v) is 8.52. The summed E-state index contributed by atoms with van der Waals surface area (Å²) in [4.78, 5) is 26.6. The predicted molar refractivity (Wildman–Crippen MR) is 90.8 cm³/mol. The SMILES string of the molecule is Cc1occc1C(=O)N(CCC(=O)NC(C)(C)C)CC1CCCO1. The van der Waals surface area contributed by atoms with E-state index in [2.05, 4.69) is 5.32 Å². The summed E-state index contributed by atoms with van der Waals surface area (Å²) in [5.74, 6) is 0.424. The Morgan fingerprint density at radius 3 is 2.67 bits per heavy atom. The fourth-order valence-electron chi connectivity index (χ4n) is 2.80. The highest BCUT2D eigenvalue weighted by atomic mass is 16.5. The van der Waals surface area contributed by atoms with Gasteiger partial charge in [-0.05, 0) is 46.6 Å². The van der Waals surface area contributed by atoms with Gasteiger partial charge in [-0.25, -0.2) is 0 Å². The molecule has 0 spiro atoms. The third kappa shape index (κ3) is 5.37. The lowest BCUT2D eigenvalue weighted by molar-refractivity contribution is -0.122. The summed E-state index contributed by atoms with van der Waals surface area (Å²) in [6.07, 6.45) is 3.79. The van der Waals surface area contributed by atoms with Gasteiger partial charge < -0.3 is 19.4 Å². The molecule has 1 aromatic rings. The Hall–Kier alpha value is -1.82. The van der Waals surface area contributed by atoms with Gasteiger partial charge in [0.2, 0.25) is 5.91 Å². The number of ether oxygens (including phenoxy) is 1. The van der Waals surface area contributed by atoms with Crippen LogP contribution in [-0.2, 0) is 9.53 Å². The van der Waals surface area contributed by atoms with Crippen molar-refractivity contribution in [3.8, 4) is 0 Å². The monoisotopic (exact) mass is 336 g/mol. The first-order chi connectivity index (χ1) is 11.3. The summed E-state index contributed by atoms with van der Waals surface area (Å²) in [6, 6.07) is 1.68. The zero-order chi connectivity index (χ0) is 17.7. The summed E-state index contributed by atoms with van der Waals surface area (Å²) < 4.78 is 10.9. The normalized spacial score (nSPS) is 17.8. The number of carbonyl (C=O) groups is 2. The molecule has 0 aromatic carbocycles. The van der Waals surface area contributed by atoms with Crippen LogP contribution >= 0.6 is 0 Å². The molecule has 2 amide bonds. The van der Waals surface area contributed by atoms with E-state index < -0.39 is 0 Å². The zero-order valence-corrected chi connectivity index (χ0v) is 15.1.